The monoisotopic (exact) mass is 369 g/mol. The summed E-state index contributed by atoms with van der Waals surface area (Å²) in [4.78, 5) is 24.4. The lowest BCUT2D eigenvalue weighted by molar-refractivity contribution is 0.0355. The first kappa shape index (κ1) is 22.1. The van der Waals surface area contributed by atoms with Crippen molar-refractivity contribution in [2.75, 3.05) is 6.61 Å². The fourth-order valence-corrected chi connectivity index (χ4v) is 2.38. The lowest BCUT2D eigenvalue weighted by atomic mass is 10.0. The molecule has 0 saturated carbocycles. The molecule has 0 radical (unpaired) electrons. The van der Waals surface area contributed by atoms with Crippen LogP contribution in [-0.2, 0) is 9.47 Å². The second kappa shape index (κ2) is 9.69. The Balaban J connectivity index is 2.80. The molecule has 1 amide bonds. The Kier molecular flexibility index (Phi) is 7.94. The van der Waals surface area contributed by atoms with Crippen LogP contribution >= 0.6 is 0 Å². The molecule has 0 unspecified atom stereocenters. The van der Waals surface area contributed by atoms with E-state index in [-0.39, 0.29) is 18.2 Å². The van der Waals surface area contributed by atoms with Gasteiger partial charge in [0.2, 0.25) is 0 Å². The largest absolute Gasteiger partial charge is 0.460 e. The molecule has 1 rings (SSSR count). The van der Waals surface area contributed by atoms with Crippen LogP contribution in [0, 0.1) is 30.6 Å². The smallest absolute Gasteiger partial charge is 0.407 e. The lowest BCUT2D eigenvalue weighted by Crippen LogP contribution is -2.42. The highest BCUT2D eigenvalue weighted by Crippen LogP contribution is 2.13. The Morgan fingerprint density at radius 1 is 1.11 bits per heavy atom. The first-order valence-corrected chi connectivity index (χ1v) is 8.79. The number of carbonyl (C=O) groups excluding carboxylic acids is 2. The van der Waals surface area contributed by atoms with Gasteiger partial charge >= 0.3 is 12.1 Å². The van der Waals surface area contributed by atoms with Gasteiger partial charge in [0.1, 0.15) is 12.2 Å². The second-order valence-corrected chi connectivity index (χ2v) is 7.66. The molecule has 144 valence electrons. The zero-order chi connectivity index (χ0) is 20.6. The molecule has 27 heavy (non-hydrogen) atoms. The van der Waals surface area contributed by atoms with Crippen molar-refractivity contribution in [3.63, 3.8) is 0 Å². The van der Waals surface area contributed by atoms with Crippen LogP contribution in [0.2, 0.25) is 0 Å². The molecule has 5 heteroatoms. The summed E-state index contributed by atoms with van der Waals surface area (Å²) in [5.41, 5.74) is 0.676. The standard InChI is InChI=1S/C22H27NO4/c1-8-16-11-17(9-2)13-18(12-16)20(24)26-14-19(10-15(3)4)23-21(25)27-22(5,6)7/h1-2,11-13,15,19H,10,14H2,3-7H3,(H,23,25)/t19-/m0/s1. The van der Waals surface area contributed by atoms with E-state index in [0.29, 0.717) is 23.5 Å². The van der Waals surface area contributed by atoms with Gasteiger partial charge in [-0.25, -0.2) is 9.59 Å². The van der Waals surface area contributed by atoms with Crippen LogP contribution in [0.3, 0.4) is 0 Å². The van der Waals surface area contributed by atoms with Crippen LogP contribution in [-0.4, -0.2) is 30.3 Å². The van der Waals surface area contributed by atoms with Gasteiger partial charge in [-0.3, -0.25) is 0 Å². The van der Waals surface area contributed by atoms with E-state index in [1.54, 1.807) is 39.0 Å². The van der Waals surface area contributed by atoms with Crippen molar-refractivity contribution >= 4 is 12.1 Å². The van der Waals surface area contributed by atoms with Crippen LogP contribution in [0.5, 0.6) is 0 Å². The summed E-state index contributed by atoms with van der Waals surface area (Å²) in [7, 11) is 0. The Morgan fingerprint density at radius 2 is 1.67 bits per heavy atom. The number of nitrogens with one attached hydrogen (secondary N) is 1. The highest BCUT2D eigenvalue weighted by molar-refractivity contribution is 5.90. The topological polar surface area (TPSA) is 64.6 Å². The third kappa shape index (κ3) is 8.33. The number of benzene rings is 1. The molecule has 0 aromatic heterocycles. The second-order valence-electron chi connectivity index (χ2n) is 7.66. The Bertz CT molecular complexity index is 728. The molecule has 0 aliphatic heterocycles. The number of hydrogen-bond donors (Lipinski definition) is 1. The van der Waals surface area contributed by atoms with Gasteiger partial charge in [0, 0.05) is 11.1 Å². The summed E-state index contributed by atoms with van der Waals surface area (Å²) < 4.78 is 10.6. The zero-order valence-electron chi connectivity index (χ0n) is 16.6. The molecule has 0 bridgehead atoms. The predicted octanol–water partition coefficient (Wildman–Crippen LogP) is 3.75. The molecule has 1 aromatic carbocycles. The summed E-state index contributed by atoms with van der Waals surface area (Å²) in [6.45, 7) is 9.40. The predicted molar refractivity (Wildman–Crippen MR) is 105 cm³/mol. The van der Waals surface area contributed by atoms with E-state index in [9.17, 15) is 9.59 Å². The van der Waals surface area contributed by atoms with Gasteiger partial charge in [-0.15, -0.1) is 12.8 Å². The Hall–Kier alpha value is -2.92. The number of hydrogen-bond acceptors (Lipinski definition) is 4. The number of carbonyl (C=O) groups is 2. The van der Waals surface area contributed by atoms with Gasteiger partial charge in [0.25, 0.3) is 0 Å². The van der Waals surface area contributed by atoms with Gasteiger partial charge in [-0.2, -0.15) is 0 Å². The van der Waals surface area contributed by atoms with Crippen LogP contribution in [0.4, 0.5) is 4.79 Å². The summed E-state index contributed by atoms with van der Waals surface area (Å²) in [6.07, 6.45) is 10.9. The van der Waals surface area contributed by atoms with Gasteiger partial charge in [-0.1, -0.05) is 25.7 Å². The van der Waals surface area contributed by atoms with Crippen LogP contribution in [0.15, 0.2) is 18.2 Å². The van der Waals surface area contributed by atoms with Crippen LogP contribution in [0.25, 0.3) is 0 Å². The SMILES string of the molecule is C#Cc1cc(C#C)cc(C(=O)OC[C@H](CC(C)C)NC(=O)OC(C)(C)C)c1. The van der Waals surface area contributed by atoms with Crippen LogP contribution < -0.4 is 5.32 Å². The fraction of sp³-hybridized carbons (Fsp3) is 0.455. The maximum absolute atomic E-state index is 12.4. The third-order valence-electron chi connectivity index (χ3n) is 3.39. The van der Waals surface area contributed by atoms with Crippen molar-refractivity contribution in [2.24, 2.45) is 5.92 Å². The van der Waals surface area contributed by atoms with E-state index in [1.807, 2.05) is 13.8 Å². The number of ether oxygens (including phenoxy) is 2. The zero-order valence-corrected chi connectivity index (χ0v) is 16.6. The lowest BCUT2D eigenvalue weighted by Gasteiger charge is -2.24. The Morgan fingerprint density at radius 3 is 2.11 bits per heavy atom. The summed E-state index contributed by atoms with van der Waals surface area (Å²) in [6, 6.07) is 4.36. The van der Waals surface area contributed by atoms with Crippen molar-refractivity contribution in [1.29, 1.82) is 0 Å². The van der Waals surface area contributed by atoms with Crippen molar-refractivity contribution < 1.29 is 19.1 Å². The maximum atomic E-state index is 12.4. The minimum absolute atomic E-state index is 0.0158. The molecular formula is C22H27NO4. The van der Waals surface area contributed by atoms with E-state index >= 15 is 0 Å². The first-order valence-electron chi connectivity index (χ1n) is 8.79. The van der Waals surface area contributed by atoms with E-state index in [1.165, 1.54) is 0 Å². The minimum Gasteiger partial charge on any atom is -0.460 e. The molecule has 0 heterocycles. The average Bonchev–Trinajstić information content (AvgIpc) is 2.56. The summed E-state index contributed by atoms with van der Waals surface area (Å²) in [5, 5.41) is 2.75. The fourth-order valence-electron chi connectivity index (χ4n) is 2.38. The molecule has 1 atom stereocenters. The number of amides is 1. The number of rotatable bonds is 6. The molecular weight excluding hydrogens is 342 g/mol. The van der Waals surface area contributed by atoms with Crippen LogP contribution in [0.1, 0.15) is 62.5 Å². The normalized spacial score (nSPS) is 11.9. The summed E-state index contributed by atoms with van der Waals surface area (Å²) in [5.74, 6) is 4.66. The molecule has 1 N–H and O–H groups in total. The molecule has 0 spiro atoms. The highest BCUT2D eigenvalue weighted by Gasteiger charge is 2.21. The molecule has 0 fully saturated rings. The number of terminal acetylenes is 2. The average molecular weight is 369 g/mol. The van der Waals surface area contributed by atoms with Gasteiger partial charge in [0.15, 0.2) is 0 Å². The van der Waals surface area contributed by atoms with Crippen molar-refractivity contribution in [3.05, 3.63) is 34.9 Å². The van der Waals surface area contributed by atoms with Gasteiger partial charge in [0.05, 0.1) is 11.6 Å². The van der Waals surface area contributed by atoms with Gasteiger partial charge in [-0.05, 0) is 51.3 Å². The molecule has 1 aromatic rings. The minimum atomic E-state index is -0.607. The molecule has 5 nitrogen and oxygen atoms in total. The van der Waals surface area contributed by atoms with E-state index in [4.69, 9.17) is 22.3 Å². The number of esters is 1. The highest BCUT2D eigenvalue weighted by atomic mass is 16.6. The molecule has 0 saturated heterocycles. The van der Waals surface area contributed by atoms with E-state index < -0.39 is 17.7 Å². The quantitative estimate of drug-likeness (QED) is 0.613. The van der Waals surface area contributed by atoms with Crippen molar-refractivity contribution in [2.45, 2.75) is 52.7 Å². The van der Waals surface area contributed by atoms with Crippen molar-refractivity contribution in [3.8, 4) is 24.7 Å². The molecule has 0 aliphatic carbocycles. The van der Waals surface area contributed by atoms with E-state index in [2.05, 4.69) is 17.2 Å². The third-order valence-corrected chi connectivity index (χ3v) is 3.39. The Labute approximate surface area is 161 Å². The summed E-state index contributed by atoms with van der Waals surface area (Å²) >= 11 is 0. The van der Waals surface area contributed by atoms with Crippen molar-refractivity contribution in [1.82, 2.24) is 5.32 Å². The van der Waals surface area contributed by atoms with Gasteiger partial charge < -0.3 is 14.8 Å². The first-order chi connectivity index (χ1) is 12.5. The maximum Gasteiger partial charge on any atom is 0.407 e. The number of alkyl carbamates (subject to hydrolysis) is 1. The van der Waals surface area contributed by atoms with E-state index in [0.717, 1.165) is 0 Å². The molecule has 0 aliphatic rings.